The van der Waals surface area contributed by atoms with Crippen LogP contribution in [0.5, 0.6) is 0 Å². The lowest BCUT2D eigenvalue weighted by molar-refractivity contribution is -0.00368. The molecule has 0 aromatic carbocycles. The molecule has 1 N–H and O–H groups in total. The largest absolute Gasteiger partial charge is 0.444 e. The van der Waals surface area contributed by atoms with Crippen molar-refractivity contribution in [2.24, 2.45) is 0 Å². The van der Waals surface area contributed by atoms with Crippen molar-refractivity contribution >= 4 is 6.09 Å². The molecule has 0 spiro atoms. The fourth-order valence-corrected chi connectivity index (χ4v) is 2.73. The minimum atomic E-state index is -0.439. The van der Waals surface area contributed by atoms with Gasteiger partial charge < -0.3 is 14.6 Å². The van der Waals surface area contributed by atoms with Gasteiger partial charge in [0.15, 0.2) is 0 Å². The number of carbonyl (C=O) groups is 1. The van der Waals surface area contributed by atoms with Crippen LogP contribution in [0.1, 0.15) is 46.4 Å². The Hall–Kier alpha value is -1.49. The molecule has 1 saturated heterocycles. The summed E-state index contributed by atoms with van der Waals surface area (Å²) in [7, 11) is 0. The lowest BCUT2D eigenvalue weighted by Crippen LogP contribution is -2.55. The van der Waals surface area contributed by atoms with Gasteiger partial charge in [-0.1, -0.05) is 0 Å². The average Bonchev–Trinajstić information content (AvgIpc) is 2.89. The Kier molecular flexibility index (Phi) is 4.61. The van der Waals surface area contributed by atoms with Crippen molar-refractivity contribution in [1.29, 1.82) is 0 Å². The van der Waals surface area contributed by atoms with Gasteiger partial charge in [-0.05, 0) is 46.8 Å². The SMILES string of the molecule is C[C@H](c1ccc[nH]1)N1CCN(C(=O)OC(C)(C)C)[C@H](C)C1. The highest BCUT2D eigenvalue weighted by molar-refractivity contribution is 5.68. The van der Waals surface area contributed by atoms with Crippen molar-refractivity contribution in [2.75, 3.05) is 19.6 Å². The molecule has 1 fully saturated rings. The van der Waals surface area contributed by atoms with Crippen molar-refractivity contribution in [3.8, 4) is 0 Å². The maximum absolute atomic E-state index is 12.2. The minimum Gasteiger partial charge on any atom is -0.444 e. The van der Waals surface area contributed by atoms with Crippen LogP contribution in [0.4, 0.5) is 4.79 Å². The molecule has 0 unspecified atom stereocenters. The van der Waals surface area contributed by atoms with E-state index in [1.165, 1.54) is 5.69 Å². The molecular formula is C16H27N3O2. The fraction of sp³-hybridized carbons (Fsp3) is 0.688. The molecule has 0 saturated carbocycles. The van der Waals surface area contributed by atoms with Crippen LogP contribution >= 0.6 is 0 Å². The molecule has 0 radical (unpaired) electrons. The second-order valence-electron chi connectivity index (χ2n) is 6.82. The Morgan fingerprint density at radius 3 is 2.67 bits per heavy atom. The third-order valence-electron chi connectivity index (χ3n) is 3.91. The summed E-state index contributed by atoms with van der Waals surface area (Å²) < 4.78 is 5.48. The zero-order valence-corrected chi connectivity index (χ0v) is 13.7. The number of nitrogens with one attached hydrogen (secondary N) is 1. The normalized spacial score (nSPS) is 22.1. The maximum Gasteiger partial charge on any atom is 0.410 e. The van der Waals surface area contributed by atoms with Crippen molar-refractivity contribution in [1.82, 2.24) is 14.8 Å². The van der Waals surface area contributed by atoms with Crippen LogP contribution in [0.3, 0.4) is 0 Å². The van der Waals surface area contributed by atoms with E-state index in [1.807, 2.05) is 37.9 Å². The second-order valence-corrected chi connectivity index (χ2v) is 6.82. The number of nitrogens with zero attached hydrogens (tertiary/aromatic N) is 2. The van der Waals surface area contributed by atoms with E-state index in [2.05, 4.69) is 29.8 Å². The van der Waals surface area contributed by atoms with E-state index < -0.39 is 5.60 Å². The van der Waals surface area contributed by atoms with Crippen LogP contribution in [0, 0.1) is 0 Å². The van der Waals surface area contributed by atoms with E-state index >= 15 is 0 Å². The first-order chi connectivity index (χ1) is 9.78. The zero-order chi connectivity index (χ0) is 15.6. The minimum absolute atomic E-state index is 0.158. The van der Waals surface area contributed by atoms with E-state index in [0.717, 1.165) is 13.1 Å². The Bertz CT molecular complexity index is 464. The maximum atomic E-state index is 12.2. The fourth-order valence-electron chi connectivity index (χ4n) is 2.73. The van der Waals surface area contributed by atoms with E-state index in [0.29, 0.717) is 12.6 Å². The van der Waals surface area contributed by atoms with Gasteiger partial charge in [0.1, 0.15) is 5.60 Å². The molecule has 0 aliphatic carbocycles. The highest BCUT2D eigenvalue weighted by Crippen LogP contribution is 2.23. The summed E-state index contributed by atoms with van der Waals surface area (Å²) in [4.78, 5) is 19.7. The second kappa shape index (κ2) is 6.10. The first-order valence-electron chi connectivity index (χ1n) is 7.65. The number of rotatable bonds is 2. The standard InChI is InChI=1S/C16H27N3O2/c1-12-11-18(13(2)14-7-6-8-17-14)9-10-19(12)15(20)21-16(3,4)5/h6-8,12-13,17H,9-11H2,1-5H3/t12-,13-/m1/s1. The summed E-state index contributed by atoms with van der Waals surface area (Å²) >= 11 is 0. The van der Waals surface area contributed by atoms with Gasteiger partial charge in [-0.15, -0.1) is 0 Å². The first kappa shape index (κ1) is 15.9. The molecule has 2 atom stereocenters. The van der Waals surface area contributed by atoms with Gasteiger partial charge in [0.25, 0.3) is 0 Å². The summed E-state index contributed by atoms with van der Waals surface area (Å²) in [6.45, 7) is 12.4. The van der Waals surface area contributed by atoms with Gasteiger partial charge in [0.2, 0.25) is 0 Å². The predicted molar refractivity (Wildman–Crippen MR) is 83.2 cm³/mol. The number of hydrogen-bond donors (Lipinski definition) is 1. The first-order valence-corrected chi connectivity index (χ1v) is 7.65. The molecule has 2 heterocycles. The van der Waals surface area contributed by atoms with Gasteiger partial charge in [0.05, 0.1) is 0 Å². The zero-order valence-electron chi connectivity index (χ0n) is 13.7. The van der Waals surface area contributed by atoms with Crippen LogP contribution in [-0.2, 0) is 4.74 Å². The molecular weight excluding hydrogens is 266 g/mol. The van der Waals surface area contributed by atoms with Gasteiger partial charge in [-0.3, -0.25) is 4.90 Å². The molecule has 1 aliphatic heterocycles. The predicted octanol–water partition coefficient (Wildman–Crippen LogP) is 3.02. The van der Waals surface area contributed by atoms with Crippen LogP contribution in [0.15, 0.2) is 18.3 Å². The summed E-state index contributed by atoms with van der Waals surface area (Å²) in [5, 5.41) is 0. The molecule has 5 nitrogen and oxygen atoms in total. The highest BCUT2D eigenvalue weighted by Gasteiger charge is 2.32. The van der Waals surface area contributed by atoms with Crippen LogP contribution in [0.25, 0.3) is 0 Å². The smallest absolute Gasteiger partial charge is 0.410 e. The number of aromatic nitrogens is 1. The van der Waals surface area contributed by atoms with E-state index in [-0.39, 0.29) is 12.1 Å². The lowest BCUT2D eigenvalue weighted by atomic mass is 10.1. The van der Waals surface area contributed by atoms with Crippen molar-refractivity contribution in [2.45, 2.75) is 52.3 Å². The average molecular weight is 293 g/mol. The number of piperazine rings is 1. The Morgan fingerprint density at radius 1 is 1.43 bits per heavy atom. The van der Waals surface area contributed by atoms with Gasteiger partial charge >= 0.3 is 6.09 Å². The third kappa shape index (κ3) is 4.00. The van der Waals surface area contributed by atoms with Crippen molar-refractivity contribution < 1.29 is 9.53 Å². The Labute approximate surface area is 127 Å². The quantitative estimate of drug-likeness (QED) is 0.912. The Balaban J connectivity index is 1.94. The third-order valence-corrected chi connectivity index (χ3v) is 3.91. The molecule has 1 aromatic rings. The van der Waals surface area contributed by atoms with Gasteiger partial charge in [-0.2, -0.15) is 0 Å². The van der Waals surface area contributed by atoms with E-state index in [1.54, 1.807) is 0 Å². The topological polar surface area (TPSA) is 48.6 Å². The Morgan fingerprint density at radius 2 is 2.14 bits per heavy atom. The van der Waals surface area contributed by atoms with Crippen molar-refractivity contribution in [3.63, 3.8) is 0 Å². The highest BCUT2D eigenvalue weighted by atomic mass is 16.6. The van der Waals surface area contributed by atoms with Crippen molar-refractivity contribution in [3.05, 3.63) is 24.0 Å². The molecule has 21 heavy (non-hydrogen) atoms. The molecule has 1 aromatic heterocycles. The van der Waals surface area contributed by atoms with E-state index in [9.17, 15) is 4.79 Å². The number of H-pyrrole nitrogens is 1. The monoisotopic (exact) mass is 293 g/mol. The summed E-state index contributed by atoms with van der Waals surface area (Å²) in [6, 6.07) is 4.62. The van der Waals surface area contributed by atoms with Crippen LogP contribution in [-0.4, -0.2) is 52.2 Å². The lowest BCUT2D eigenvalue weighted by Gasteiger charge is -2.42. The number of aromatic amines is 1. The van der Waals surface area contributed by atoms with Crippen LogP contribution < -0.4 is 0 Å². The molecule has 5 heteroatoms. The molecule has 2 rings (SSSR count). The van der Waals surface area contributed by atoms with Gasteiger partial charge in [0, 0.05) is 43.6 Å². The number of amides is 1. The molecule has 1 amide bonds. The summed E-state index contributed by atoms with van der Waals surface area (Å²) in [5.74, 6) is 0. The molecule has 1 aliphatic rings. The van der Waals surface area contributed by atoms with E-state index in [4.69, 9.17) is 4.74 Å². The number of carbonyl (C=O) groups excluding carboxylic acids is 1. The molecule has 0 bridgehead atoms. The van der Waals surface area contributed by atoms with Gasteiger partial charge in [-0.25, -0.2) is 4.79 Å². The number of hydrogen-bond acceptors (Lipinski definition) is 3. The summed E-state index contributed by atoms with van der Waals surface area (Å²) in [6.07, 6.45) is 1.74. The summed E-state index contributed by atoms with van der Waals surface area (Å²) in [5.41, 5.74) is 0.777. The molecule has 118 valence electrons. The number of ether oxygens (including phenoxy) is 1. The van der Waals surface area contributed by atoms with Crippen LogP contribution in [0.2, 0.25) is 0 Å².